The Hall–Kier alpha value is -1.75. The zero-order chi connectivity index (χ0) is 13.9. The largest absolute Gasteiger partial charge is 0.352 e. The molecule has 0 saturated carbocycles. The van der Waals surface area contributed by atoms with Crippen LogP contribution in [0.2, 0.25) is 0 Å². The molecule has 0 aliphatic heterocycles. The summed E-state index contributed by atoms with van der Waals surface area (Å²) in [7, 11) is 0. The lowest BCUT2D eigenvalue weighted by Crippen LogP contribution is -2.34. The van der Waals surface area contributed by atoms with Crippen molar-refractivity contribution in [2.45, 2.75) is 27.3 Å². The van der Waals surface area contributed by atoms with Crippen LogP contribution in [-0.4, -0.2) is 15.5 Å². The normalized spacial score (nSPS) is 11.3. The molecule has 1 aromatic heterocycles. The molecule has 0 atom stereocenters. The molecule has 0 radical (unpaired) electrons. The summed E-state index contributed by atoms with van der Waals surface area (Å²) in [5.74, 6) is 0.0558. The summed E-state index contributed by atoms with van der Waals surface area (Å²) in [6.07, 6.45) is 0. The van der Waals surface area contributed by atoms with E-state index in [2.05, 4.69) is 14.9 Å². The van der Waals surface area contributed by atoms with Crippen molar-refractivity contribution < 1.29 is 4.79 Å². The third-order valence-corrected chi connectivity index (χ3v) is 3.25. The standard InChI is InChI=1S/C14H17N3OS/c1-14(2,3)13(18)15-8-10-4-6-11(7-5-10)12-9-19-17-16-12/h4-7,9H,8H2,1-3H3,(H,15,18). The first kappa shape index (κ1) is 13.7. The van der Waals surface area contributed by atoms with Gasteiger partial charge in [-0.3, -0.25) is 4.79 Å². The first-order valence-electron chi connectivity index (χ1n) is 6.11. The number of nitrogens with one attached hydrogen (secondary N) is 1. The summed E-state index contributed by atoms with van der Waals surface area (Å²) in [5, 5.41) is 8.86. The Bertz CT molecular complexity index is 541. The maximum atomic E-state index is 11.8. The Morgan fingerprint density at radius 3 is 2.47 bits per heavy atom. The van der Waals surface area contributed by atoms with Crippen molar-refractivity contribution in [3.63, 3.8) is 0 Å². The number of benzene rings is 1. The first-order chi connectivity index (χ1) is 8.97. The predicted molar refractivity (Wildman–Crippen MR) is 76.6 cm³/mol. The van der Waals surface area contributed by atoms with Gasteiger partial charge in [-0.25, -0.2) is 0 Å². The maximum absolute atomic E-state index is 11.8. The molecule has 19 heavy (non-hydrogen) atoms. The summed E-state index contributed by atoms with van der Waals surface area (Å²) in [5.41, 5.74) is 2.64. The molecule has 5 heteroatoms. The molecule has 1 amide bonds. The summed E-state index contributed by atoms with van der Waals surface area (Å²) in [4.78, 5) is 11.8. The van der Waals surface area contributed by atoms with E-state index < -0.39 is 0 Å². The quantitative estimate of drug-likeness (QED) is 0.937. The van der Waals surface area contributed by atoms with Crippen molar-refractivity contribution in [2.24, 2.45) is 5.41 Å². The van der Waals surface area contributed by atoms with E-state index in [4.69, 9.17) is 0 Å². The lowest BCUT2D eigenvalue weighted by Gasteiger charge is -2.17. The Balaban J connectivity index is 1.98. The van der Waals surface area contributed by atoms with E-state index in [1.54, 1.807) is 0 Å². The van der Waals surface area contributed by atoms with E-state index >= 15 is 0 Å². The third kappa shape index (κ3) is 3.61. The average Bonchev–Trinajstić information content (AvgIpc) is 2.89. The fraction of sp³-hybridized carbons (Fsp3) is 0.357. The second kappa shape index (κ2) is 5.48. The number of aromatic nitrogens is 2. The molecule has 1 aromatic carbocycles. The molecular weight excluding hydrogens is 258 g/mol. The number of hydrogen-bond donors (Lipinski definition) is 1. The molecule has 0 aliphatic rings. The van der Waals surface area contributed by atoms with Crippen molar-refractivity contribution in [3.8, 4) is 11.3 Å². The van der Waals surface area contributed by atoms with Crippen LogP contribution in [0.5, 0.6) is 0 Å². The van der Waals surface area contributed by atoms with Gasteiger partial charge in [0.2, 0.25) is 5.91 Å². The lowest BCUT2D eigenvalue weighted by molar-refractivity contribution is -0.128. The highest BCUT2D eigenvalue weighted by Crippen LogP contribution is 2.18. The van der Waals surface area contributed by atoms with Crippen molar-refractivity contribution in [1.82, 2.24) is 14.9 Å². The SMILES string of the molecule is CC(C)(C)C(=O)NCc1ccc(-c2csnn2)cc1. The van der Waals surface area contributed by atoms with Gasteiger partial charge in [-0.2, -0.15) is 0 Å². The summed E-state index contributed by atoms with van der Waals surface area (Å²) in [6.45, 7) is 6.26. The minimum absolute atomic E-state index is 0.0558. The minimum Gasteiger partial charge on any atom is -0.352 e. The highest BCUT2D eigenvalue weighted by Gasteiger charge is 2.20. The topological polar surface area (TPSA) is 54.9 Å². The van der Waals surface area contributed by atoms with E-state index in [-0.39, 0.29) is 11.3 Å². The minimum atomic E-state index is -0.355. The summed E-state index contributed by atoms with van der Waals surface area (Å²) >= 11 is 1.34. The highest BCUT2D eigenvalue weighted by molar-refractivity contribution is 7.03. The number of amides is 1. The summed E-state index contributed by atoms with van der Waals surface area (Å²) < 4.78 is 3.84. The molecule has 1 N–H and O–H groups in total. The molecule has 1 heterocycles. The van der Waals surface area contributed by atoms with Gasteiger partial charge in [0.15, 0.2) is 0 Å². The Morgan fingerprint density at radius 1 is 1.26 bits per heavy atom. The van der Waals surface area contributed by atoms with Crippen LogP contribution in [0.15, 0.2) is 29.6 Å². The molecule has 2 rings (SSSR count). The monoisotopic (exact) mass is 275 g/mol. The highest BCUT2D eigenvalue weighted by atomic mass is 32.1. The fourth-order valence-electron chi connectivity index (χ4n) is 1.53. The van der Waals surface area contributed by atoms with Gasteiger partial charge in [0.25, 0.3) is 0 Å². The Labute approximate surface area is 117 Å². The number of carbonyl (C=O) groups is 1. The number of hydrogen-bond acceptors (Lipinski definition) is 4. The summed E-state index contributed by atoms with van der Waals surface area (Å²) in [6, 6.07) is 7.99. The van der Waals surface area contributed by atoms with E-state index in [0.717, 1.165) is 16.8 Å². The fourth-order valence-corrected chi connectivity index (χ4v) is 2.00. The molecular formula is C14H17N3OS. The molecule has 2 aromatic rings. The molecule has 100 valence electrons. The Morgan fingerprint density at radius 2 is 1.95 bits per heavy atom. The molecule has 0 bridgehead atoms. The van der Waals surface area contributed by atoms with Crippen LogP contribution in [0.25, 0.3) is 11.3 Å². The van der Waals surface area contributed by atoms with Gasteiger partial charge in [-0.15, -0.1) is 5.10 Å². The average molecular weight is 275 g/mol. The van der Waals surface area contributed by atoms with Gasteiger partial charge in [-0.1, -0.05) is 49.5 Å². The zero-order valence-electron chi connectivity index (χ0n) is 11.3. The molecule has 0 aliphatic carbocycles. The first-order valence-corrected chi connectivity index (χ1v) is 6.95. The van der Waals surface area contributed by atoms with Gasteiger partial charge >= 0.3 is 0 Å². The molecule has 0 fully saturated rings. The van der Waals surface area contributed by atoms with E-state index in [9.17, 15) is 4.79 Å². The van der Waals surface area contributed by atoms with E-state index in [0.29, 0.717) is 6.54 Å². The maximum Gasteiger partial charge on any atom is 0.225 e. The van der Waals surface area contributed by atoms with Gasteiger partial charge in [-0.05, 0) is 17.1 Å². The van der Waals surface area contributed by atoms with Crippen LogP contribution in [0, 0.1) is 5.41 Å². The smallest absolute Gasteiger partial charge is 0.225 e. The van der Waals surface area contributed by atoms with Gasteiger partial charge < -0.3 is 5.32 Å². The zero-order valence-corrected chi connectivity index (χ0v) is 12.1. The van der Waals surface area contributed by atoms with Crippen molar-refractivity contribution in [1.29, 1.82) is 0 Å². The van der Waals surface area contributed by atoms with Gasteiger partial charge in [0.05, 0.1) is 0 Å². The molecule has 4 nitrogen and oxygen atoms in total. The van der Waals surface area contributed by atoms with Gasteiger partial charge in [0.1, 0.15) is 5.69 Å². The van der Waals surface area contributed by atoms with E-state index in [1.807, 2.05) is 50.4 Å². The third-order valence-electron chi connectivity index (χ3n) is 2.74. The molecule has 0 saturated heterocycles. The van der Waals surface area contributed by atoms with Crippen molar-refractivity contribution in [3.05, 3.63) is 35.2 Å². The van der Waals surface area contributed by atoms with Crippen LogP contribution < -0.4 is 5.32 Å². The van der Waals surface area contributed by atoms with Crippen LogP contribution in [0.1, 0.15) is 26.3 Å². The Kier molecular flexibility index (Phi) is 3.95. The molecule has 0 unspecified atom stereocenters. The van der Waals surface area contributed by atoms with Crippen LogP contribution >= 0.6 is 11.5 Å². The van der Waals surface area contributed by atoms with Crippen LogP contribution in [-0.2, 0) is 11.3 Å². The number of carbonyl (C=O) groups excluding carboxylic acids is 1. The van der Waals surface area contributed by atoms with Crippen molar-refractivity contribution in [2.75, 3.05) is 0 Å². The van der Waals surface area contributed by atoms with Crippen molar-refractivity contribution >= 4 is 17.4 Å². The molecule has 0 spiro atoms. The predicted octanol–water partition coefficient (Wildman–Crippen LogP) is 2.87. The van der Waals surface area contributed by atoms with Crippen LogP contribution in [0.4, 0.5) is 0 Å². The number of nitrogens with zero attached hydrogens (tertiary/aromatic N) is 2. The second-order valence-electron chi connectivity index (χ2n) is 5.42. The number of rotatable bonds is 3. The van der Waals surface area contributed by atoms with Crippen LogP contribution in [0.3, 0.4) is 0 Å². The second-order valence-corrected chi connectivity index (χ2v) is 6.03. The van der Waals surface area contributed by atoms with Gasteiger partial charge in [0, 0.05) is 22.9 Å². The lowest BCUT2D eigenvalue weighted by atomic mass is 9.95. The van der Waals surface area contributed by atoms with E-state index in [1.165, 1.54) is 11.5 Å².